The number of urea groups is 1. The first-order valence-corrected chi connectivity index (χ1v) is 6.82. The predicted octanol–water partition coefficient (Wildman–Crippen LogP) is 2.43. The number of anilines is 1. The molecule has 0 unspecified atom stereocenters. The van der Waals surface area contributed by atoms with Gasteiger partial charge in [-0.1, -0.05) is 12.2 Å². The summed E-state index contributed by atoms with van der Waals surface area (Å²) >= 11 is 0. The maximum Gasteiger partial charge on any atom is 0.320 e. The summed E-state index contributed by atoms with van der Waals surface area (Å²) in [6.45, 7) is 3.82. The second-order valence-electron chi connectivity index (χ2n) is 4.53. The largest absolute Gasteiger partial charge is 0.501 e. The standard InChI is InChI=1S/C15H19N5O2/c1-5-6-11(10(2)22-4)12-7-8-14-17-13(9-20(14)19-12)18-15(21)16-3/h5-9H,1-4H3,(H2,16,18,21)/b6-5-,11-10-. The number of methoxy groups -OCH3 is 1. The monoisotopic (exact) mass is 301 g/mol. The number of aromatic nitrogens is 3. The van der Waals surface area contributed by atoms with Crippen molar-refractivity contribution in [2.45, 2.75) is 13.8 Å². The highest BCUT2D eigenvalue weighted by atomic mass is 16.5. The average Bonchev–Trinajstić information content (AvgIpc) is 2.92. The van der Waals surface area contributed by atoms with E-state index >= 15 is 0 Å². The van der Waals surface area contributed by atoms with E-state index in [0.29, 0.717) is 11.5 Å². The van der Waals surface area contributed by atoms with Gasteiger partial charge < -0.3 is 10.1 Å². The Hall–Kier alpha value is -2.83. The molecular formula is C15H19N5O2. The smallest absolute Gasteiger partial charge is 0.320 e. The van der Waals surface area contributed by atoms with Crippen LogP contribution >= 0.6 is 0 Å². The minimum Gasteiger partial charge on any atom is -0.501 e. The van der Waals surface area contributed by atoms with Gasteiger partial charge in [0.25, 0.3) is 0 Å². The van der Waals surface area contributed by atoms with E-state index in [4.69, 9.17) is 4.74 Å². The molecule has 0 radical (unpaired) electrons. The third kappa shape index (κ3) is 3.25. The highest BCUT2D eigenvalue weighted by molar-refractivity contribution is 5.88. The van der Waals surface area contributed by atoms with Crippen LogP contribution in [-0.4, -0.2) is 34.8 Å². The molecule has 0 aliphatic heterocycles. The van der Waals surface area contributed by atoms with Crippen LogP contribution in [0, 0.1) is 0 Å². The zero-order valence-electron chi connectivity index (χ0n) is 13.0. The van der Waals surface area contributed by atoms with Crippen molar-refractivity contribution in [3.8, 4) is 0 Å². The molecule has 116 valence electrons. The Morgan fingerprint density at radius 2 is 2.18 bits per heavy atom. The van der Waals surface area contributed by atoms with Crippen LogP contribution in [0.15, 0.2) is 36.2 Å². The number of imidazole rings is 1. The summed E-state index contributed by atoms with van der Waals surface area (Å²) in [4.78, 5) is 15.6. The number of allylic oxidation sites excluding steroid dienone is 4. The van der Waals surface area contributed by atoms with E-state index in [-0.39, 0.29) is 6.03 Å². The Bertz CT molecular complexity index is 745. The van der Waals surface area contributed by atoms with Gasteiger partial charge in [-0.2, -0.15) is 5.10 Å². The molecule has 2 heterocycles. The van der Waals surface area contributed by atoms with Gasteiger partial charge in [0.1, 0.15) is 5.76 Å². The van der Waals surface area contributed by atoms with E-state index in [1.54, 1.807) is 24.9 Å². The lowest BCUT2D eigenvalue weighted by atomic mass is 10.1. The SMILES string of the molecule is C/C=C\C(=C(/C)OC)c1ccc2nc(NC(=O)NC)cn2n1. The van der Waals surface area contributed by atoms with Gasteiger partial charge in [0.2, 0.25) is 0 Å². The molecule has 0 atom stereocenters. The third-order valence-electron chi connectivity index (χ3n) is 3.08. The van der Waals surface area contributed by atoms with Gasteiger partial charge >= 0.3 is 6.03 Å². The average molecular weight is 301 g/mol. The molecule has 0 saturated carbocycles. The van der Waals surface area contributed by atoms with Gasteiger partial charge in [-0.15, -0.1) is 0 Å². The van der Waals surface area contributed by atoms with Crippen LogP contribution < -0.4 is 10.6 Å². The number of carbonyl (C=O) groups is 1. The molecule has 2 aromatic rings. The fraction of sp³-hybridized carbons (Fsp3) is 0.267. The lowest BCUT2D eigenvalue weighted by Gasteiger charge is -2.07. The first-order chi connectivity index (χ1) is 10.6. The summed E-state index contributed by atoms with van der Waals surface area (Å²) in [6.07, 6.45) is 5.52. The Morgan fingerprint density at radius 1 is 1.41 bits per heavy atom. The van der Waals surface area contributed by atoms with Crippen molar-refractivity contribution in [1.29, 1.82) is 0 Å². The maximum absolute atomic E-state index is 11.3. The van der Waals surface area contributed by atoms with E-state index in [2.05, 4.69) is 20.7 Å². The van der Waals surface area contributed by atoms with Crippen molar-refractivity contribution >= 4 is 23.1 Å². The van der Waals surface area contributed by atoms with Gasteiger partial charge in [-0.3, -0.25) is 5.32 Å². The van der Waals surface area contributed by atoms with Gasteiger partial charge in [-0.05, 0) is 26.0 Å². The van der Waals surface area contributed by atoms with Crippen LogP contribution in [0.2, 0.25) is 0 Å². The molecule has 7 heteroatoms. The van der Waals surface area contributed by atoms with Crippen molar-refractivity contribution in [3.05, 3.63) is 41.9 Å². The first kappa shape index (κ1) is 15.6. The molecule has 0 aromatic carbocycles. The summed E-state index contributed by atoms with van der Waals surface area (Å²) in [6, 6.07) is 3.38. The summed E-state index contributed by atoms with van der Waals surface area (Å²) in [7, 11) is 3.17. The van der Waals surface area contributed by atoms with E-state index in [1.165, 1.54) is 0 Å². The molecule has 2 aromatic heterocycles. The molecule has 2 rings (SSSR count). The van der Waals surface area contributed by atoms with Gasteiger partial charge in [0.15, 0.2) is 11.5 Å². The number of ether oxygens (including phenoxy) is 1. The number of amides is 2. The lowest BCUT2D eigenvalue weighted by molar-refractivity contribution is 0.254. The van der Waals surface area contributed by atoms with E-state index in [0.717, 1.165) is 17.0 Å². The highest BCUT2D eigenvalue weighted by Crippen LogP contribution is 2.20. The third-order valence-corrected chi connectivity index (χ3v) is 3.08. The lowest BCUT2D eigenvalue weighted by Crippen LogP contribution is -2.24. The minimum atomic E-state index is -0.326. The molecule has 0 bridgehead atoms. The first-order valence-electron chi connectivity index (χ1n) is 6.82. The van der Waals surface area contributed by atoms with Crippen LogP contribution in [0.1, 0.15) is 19.5 Å². The van der Waals surface area contributed by atoms with Crippen LogP contribution in [-0.2, 0) is 4.74 Å². The molecule has 0 spiro atoms. The number of carbonyl (C=O) groups excluding carboxylic acids is 1. The van der Waals surface area contributed by atoms with E-state index < -0.39 is 0 Å². The Morgan fingerprint density at radius 3 is 2.82 bits per heavy atom. The fourth-order valence-corrected chi connectivity index (χ4v) is 1.92. The molecule has 7 nitrogen and oxygen atoms in total. The fourth-order valence-electron chi connectivity index (χ4n) is 1.92. The van der Waals surface area contributed by atoms with Crippen molar-refractivity contribution in [2.75, 3.05) is 19.5 Å². The normalized spacial score (nSPS) is 12.4. The molecule has 0 aliphatic rings. The molecule has 22 heavy (non-hydrogen) atoms. The summed E-state index contributed by atoms with van der Waals surface area (Å²) < 4.78 is 6.92. The predicted molar refractivity (Wildman–Crippen MR) is 85.5 cm³/mol. The van der Waals surface area contributed by atoms with Crippen LogP contribution in [0.3, 0.4) is 0 Å². The molecule has 2 N–H and O–H groups in total. The minimum absolute atomic E-state index is 0.326. The zero-order chi connectivity index (χ0) is 16.1. The summed E-state index contributed by atoms with van der Waals surface area (Å²) in [5.41, 5.74) is 2.29. The van der Waals surface area contributed by atoms with Crippen molar-refractivity contribution in [3.63, 3.8) is 0 Å². The molecular weight excluding hydrogens is 282 g/mol. The van der Waals surface area contributed by atoms with Crippen LogP contribution in [0.25, 0.3) is 11.2 Å². The number of fused-ring (bicyclic) bond motifs is 1. The number of nitrogens with one attached hydrogen (secondary N) is 2. The van der Waals surface area contributed by atoms with Crippen molar-refractivity contribution < 1.29 is 9.53 Å². The topological polar surface area (TPSA) is 80.5 Å². The molecule has 0 aliphatic carbocycles. The van der Waals surface area contributed by atoms with E-state index in [9.17, 15) is 4.79 Å². The molecule has 2 amide bonds. The summed E-state index contributed by atoms with van der Waals surface area (Å²) in [5, 5.41) is 9.60. The number of hydrogen-bond acceptors (Lipinski definition) is 4. The Labute approximate surface area is 128 Å². The highest BCUT2D eigenvalue weighted by Gasteiger charge is 2.09. The van der Waals surface area contributed by atoms with E-state index in [1.807, 2.05) is 38.1 Å². The quantitative estimate of drug-likeness (QED) is 0.671. The van der Waals surface area contributed by atoms with Gasteiger partial charge in [0, 0.05) is 12.6 Å². The Kier molecular flexibility index (Phi) is 4.77. The van der Waals surface area contributed by atoms with Crippen molar-refractivity contribution in [2.24, 2.45) is 0 Å². The molecule has 0 saturated heterocycles. The number of rotatable bonds is 4. The number of hydrogen-bond donors (Lipinski definition) is 2. The van der Waals surface area contributed by atoms with Gasteiger partial charge in [0.05, 0.1) is 19.0 Å². The summed E-state index contributed by atoms with van der Waals surface area (Å²) in [5.74, 6) is 1.21. The van der Waals surface area contributed by atoms with Crippen molar-refractivity contribution in [1.82, 2.24) is 19.9 Å². The second kappa shape index (κ2) is 6.75. The maximum atomic E-state index is 11.3. The molecule has 0 fully saturated rings. The van der Waals surface area contributed by atoms with Crippen LogP contribution in [0.4, 0.5) is 10.6 Å². The van der Waals surface area contributed by atoms with Gasteiger partial charge in [-0.25, -0.2) is 14.3 Å². The Balaban J connectivity index is 2.43. The zero-order valence-corrected chi connectivity index (χ0v) is 13.0. The van der Waals surface area contributed by atoms with Crippen LogP contribution in [0.5, 0.6) is 0 Å². The second-order valence-corrected chi connectivity index (χ2v) is 4.53. The number of nitrogens with zero attached hydrogens (tertiary/aromatic N) is 3.